The first-order valence-corrected chi connectivity index (χ1v) is 7.65. The highest BCUT2D eigenvalue weighted by atomic mass is 35.5. The van der Waals surface area contributed by atoms with Crippen LogP contribution in [0.15, 0.2) is 18.2 Å². The second-order valence-corrected chi connectivity index (χ2v) is 5.78. The lowest BCUT2D eigenvalue weighted by atomic mass is 10.1. The van der Waals surface area contributed by atoms with E-state index < -0.39 is 0 Å². The van der Waals surface area contributed by atoms with Crippen LogP contribution >= 0.6 is 23.2 Å². The maximum atomic E-state index is 12.2. The van der Waals surface area contributed by atoms with Crippen molar-refractivity contribution in [3.63, 3.8) is 0 Å². The monoisotopic (exact) mass is 316 g/mol. The molecule has 1 N–H and O–H groups in total. The van der Waals surface area contributed by atoms with E-state index in [9.17, 15) is 4.79 Å². The molecule has 1 aromatic rings. The zero-order valence-corrected chi connectivity index (χ0v) is 13.8. The highest BCUT2D eigenvalue weighted by Crippen LogP contribution is 2.23. The molecular formula is C15H22Cl2N2O. The van der Waals surface area contributed by atoms with Gasteiger partial charge in [0.25, 0.3) is 0 Å². The van der Waals surface area contributed by atoms with Gasteiger partial charge in [0.05, 0.1) is 10.0 Å². The summed E-state index contributed by atoms with van der Waals surface area (Å²) in [6, 6.07) is 5.64. The Balaban J connectivity index is 2.71. The first-order valence-electron chi connectivity index (χ1n) is 6.89. The van der Waals surface area contributed by atoms with E-state index in [1.54, 1.807) is 6.07 Å². The lowest BCUT2D eigenvalue weighted by Gasteiger charge is -2.27. The maximum Gasteiger partial charge on any atom is 0.224 e. The van der Waals surface area contributed by atoms with Gasteiger partial charge in [0.1, 0.15) is 0 Å². The van der Waals surface area contributed by atoms with Crippen LogP contribution in [0.25, 0.3) is 0 Å². The van der Waals surface area contributed by atoms with Crippen LogP contribution in [0.1, 0.15) is 32.8 Å². The van der Waals surface area contributed by atoms with Gasteiger partial charge in [-0.3, -0.25) is 4.79 Å². The van der Waals surface area contributed by atoms with Crippen LogP contribution in [-0.4, -0.2) is 29.9 Å². The molecule has 0 heterocycles. The molecule has 1 aromatic carbocycles. The van der Waals surface area contributed by atoms with Crippen molar-refractivity contribution in [2.45, 2.75) is 39.8 Å². The number of hydrogen-bond acceptors (Lipinski definition) is 2. The molecule has 0 aliphatic carbocycles. The van der Waals surface area contributed by atoms with E-state index in [0.717, 1.165) is 12.1 Å². The summed E-state index contributed by atoms with van der Waals surface area (Å²) in [6.45, 7) is 8.20. The summed E-state index contributed by atoms with van der Waals surface area (Å²) < 4.78 is 0. The van der Waals surface area contributed by atoms with Gasteiger partial charge in [0.2, 0.25) is 5.91 Å². The first kappa shape index (κ1) is 17.3. The molecule has 20 heavy (non-hydrogen) atoms. The van der Waals surface area contributed by atoms with Crippen LogP contribution < -0.4 is 5.32 Å². The van der Waals surface area contributed by atoms with Crippen molar-refractivity contribution < 1.29 is 4.79 Å². The number of carbonyl (C=O) groups is 1. The smallest absolute Gasteiger partial charge is 0.224 e. The second-order valence-electron chi connectivity index (χ2n) is 4.97. The fraction of sp³-hybridized carbons (Fsp3) is 0.533. The molecular weight excluding hydrogens is 295 g/mol. The molecule has 0 saturated heterocycles. The molecule has 1 amide bonds. The highest BCUT2D eigenvalue weighted by molar-refractivity contribution is 6.42. The van der Waals surface area contributed by atoms with Crippen molar-refractivity contribution >= 4 is 29.1 Å². The molecule has 1 rings (SSSR count). The van der Waals surface area contributed by atoms with Gasteiger partial charge in [-0.15, -0.1) is 0 Å². The van der Waals surface area contributed by atoms with Crippen molar-refractivity contribution in [1.82, 2.24) is 10.2 Å². The van der Waals surface area contributed by atoms with Crippen molar-refractivity contribution in [2.75, 3.05) is 13.1 Å². The Morgan fingerprint density at radius 3 is 2.55 bits per heavy atom. The van der Waals surface area contributed by atoms with E-state index in [-0.39, 0.29) is 11.9 Å². The molecule has 0 atom stereocenters. The topological polar surface area (TPSA) is 32.3 Å². The van der Waals surface area contributed by atoms with E-state index >= 15 is 0 Å². The van der Waals surface area contributed by atoms with Gasteiger partial charge < -0.3 is 10.2 Å². The van der Waals surface area contributed by atoms with Crippen LogP contribution in [0.2, 0.25) is 10.0 Å². The molecule has 5 heteroatoms. The molecule has 0 aliphatic rings. The number of benzene rings is 1. The zero-order valence-electron chi connectivity index (χ0n) is 12.2. The third-order valence-electron chi connectivity index (χ3n) is 3.05. The predicted octanol–water partition coefficient (Wildman–Crippen LogP) is 3.73. The van der Waals surface area contributed by atoms with Gasteiger partial charge in [-0.05, 0) is 38.1 Å². The fourth-order valence-corrected chi connectivity index (χ4v) is 2.23. The summed E-state index contributed by atoms with van der Waals surface area (Å²) in [5.41, 5.74) is 0.991. The number of halogens is 2. The van der Waals surface area contributed by atoms with Crippen molar-refractivity contribution in [1.29, 1.82) is 0 Å². The summed E-state index contributed by atoms with van der Waals surface area (Å²) in [5.74, 6) is 0.145. The van der Waals surface area contributed by atoms with E-state index in [4.69, 9.17) is 23.2 Å². The largest absolute Gasteiger partial charge is 0.336 e. The SMILES string of the molecule is CCNCCC(=O)N(Cc1ccc(Cl)c(Cl)c1)C(C)C. The number of amides is 1. The van der Waals surface area contributed by atoms with Crippen molar-refractivity contribution in [3.05, 3.63) is 33.8 Å². The molecule has 0 fully saturated rings. The van der Waals surface area contributed by atoms with Gasteiger partial charge >= 0.3 is 0 Å². The molecule has 0 aromatic heterocycles. The fourth-order valence-electron chi connectivity index (χ4n) is 1.91. The average molecular weight is 317 g/mol. The van der Waals surface area contributed by atoms with Gasteiger partial charge in [-0.2, -0.15) is 0 Å². The van der Waals surface area contributed by atoms with Crippen LogP contribution in [0.4, 0.5) is 0 Å². The normalized spacial score (nSPS) is 10.9. The van der Waals surface area contributed by atoms with Gasteiger partial charge in [0.15, 0.2) is 0 Å². The second kappa shape index (κ2) is 8.50. The maximum absolute atomic E-state index is 12.2. The predicted molar refractivity (Wildman–Crippen MR) is 85.3 cm³/mol. The minimum Gasteiger partial charge on any atom is -0.336 e. The summed E-state index contributed by atoms with van der Waals surface area (Å²) in [6.07, 6.45) is 0.507. The minimum atomic E-state index is 0.145. The lowest BCUT2D eigenvalue weighted by Crippen LogP contribution is -2.37. The Hall–Kier alpha value is -0.770. The van der Waals surface area contributed by atoms with Crippen LogP contribution in [-0.2, 0) is 11.3 Å². The highest BCUT2D eigenvalue weighted by Gasteiger charge is 2.17. The Morgan fingerprint density at radius 2 is 2.00 bits per heavy atom. The molecule has 0 radical (unpaired) electrons. The minimum absolute atomic E-state index is 0.145. The Bertz CT molecular complexity index is 449. The van der Waals surface area contributed by atoms with Gasteiger partial charge in [-0.25, -0.2) is 0 Å². The molecule has 112 valence electrons. The summed E-state index contributed by atoms with van der Waals surface area (Å²) >= 11 is 11.9. The van der Waals surface area contributed by atoms with E-state index in [1.165, 1.54) is 0 Å². The average Bonchev–Trinajstić information content (AvgIpc) is 2.39. The molecule has 3 nitrogen and oxygen atoms in total. The van der Waals surface area contributed by atoms with Crippen molar-refractivity contribution in [2.24, 2.45) is 0 Å². The molecule has 0 saturated carbocycles. The number of rotatable bonds is 7. The van der Waals surface area contributed by atoms with Gasteiger partial charge in [-0.1, -0.05) is 36.2 Å². The van der Waals surface area contributed by atoms with E-state index in [0.29, 0.717) is 29.6 Å². The molecule has 0 aliphatic heterocycles. The Labute approximate surface area is 131 Å². The molecule has 0 spiro atoms. The Morgan fingerprint density at radius 1 is 1.30 bits per heavy atom. The Kier molecular flexibility index (Phi) is 7.35. The molecule has 0 unspecified atom stereocenters. The number of nitrogens with zero attached hydrogens (tertiary/aromatic N) is 1. The van der Waals surface area contributed by atoms with Crippen molar-refractivity contribution in [3.8, 4) is 0 Å². The van der Waals surface area contributed by atoms with Crippen LogP contribution in [0.5, 0.6) is 0 Å². The van der Waals surface area contributed by atoms with Crippen LogP contribution in [0.3, 0.4) is 0 Å². The third kappa shape index (κ3) is 5.31. The van der Waals surface area contributed by atoms with E-state index in [1.807, 2.05) is 37.8 Å². The van der Waals surface area contributed by atoms with E-state index in [2.05, 4.69) is 5.32 Å². The summed E-state index contributed by atoms with van der Waals surface area (Å²) in [4.78, 5) is 14.1. The lowest BCUT2D eigenvalue weighted by molar-refractivity contribution is -0.133. The van der Waals surface area contributed by atoms with Gasteiger partial charge in [0, 0.05) is 25.6 Å². The van der Waals surface area contributed by atoms with Crippen LogP contribution in [0, 0.1) is 0 Å². The number of nitrogens with one attached hydrogen (secondary N) is 1. The quantitative estimate of drug-likeness (QED) is 0.777. The third-order valence-corrected chi connectivity index (χ3v) is 3.79. The standard InChI is InChI=1S/C15H22Cl2N2O/c1-4-18-8-7-15(20)19(11(2)3)10-12-5-6-13(16)14(17)9-12/h5-6,9,11,18H,4,7-8,10H2,1-3H3. The number of hydrogen-bond donors (Lipinski definition) is 1. The zero-order chi connectivity index (χ0) is 15.1. The first-order chi connectivity index (χ1) is 9.45. The number of carbonyl (C=O) groups excluding carboxylic acids is 1. The summed E-state index contributed by atoms with van der Waals surface area (Å²) in [7, 11) is 0. The molecule has 0 bridgehead atoms. The summed E-state index contributed by atoms with van der Waals surface area (Å²) in [5, 5.41) is 4.22.